The molecule has 1 aliphatic rings. The third-order valence-corrected chi connectivity index (χ3v) is 5.14. The van der Waals surface area contributed by atoms with Crippen LogP contribution in [0.1, 0.15) is 18.4 Å². The molecule has 1 aliphatic heterocycles. The quantitative estimate of drug-likeness (QED) is 0.270. The summed E-state index contributed by atoms with van der Waals surface area (Å²) >= 11 is 0. The van der Waals surface area contributed by atoms with Gasteiger partial charge in [0.1, 0.15) is 0 Å². The Hall–Kier alpha value is -1.87. The number of piperazine rings is 1. The monoisotopic (exact) mass is 509 g/mol. The van der Waals surface area contributed by atoms with E-state index in [0.717, 1.165) is 64.6 Å². The summed E-state index contributed by atoms with van der Waals surface area (Å²) in [5, 5.41) is 3.47. The first-order chi connectivity index (χ1) is 13.8. The SMILES string of the molecule is CN=C(NCCCCn1ccccc1=O)N1CCN(Cc2ccccc2)CC1.I. The minimum atomic E-state index is 0. The second-order valence-corrected chi connectivity index (χ2v) is 7.16. The Labute approximate surface area is 190 Å². The van der Waals surface area contributed by atoms with Gasteiger partial charge in [-0.15, -0.1) is 24.0 Å². The van der Waals surface area contributed by atoms with Crippen LogP contribution in [0.5, 0.6) is 0 Å². The average Bonchev–Trinajstić information content (AvgIpc) is 2.73. The van der Waals surface area contributed by atoms with Gasteiger partial charge in [-0.1, -0.05) is 36.4 Å². The van der Waals surface area contributed by atoms with Crippen molar-refractivity contribution < 1.29 is 0 Å². The summed E-state index contributed by atoms with van der Waals surface area (Å²) in [5.41, 5.74) is 1.44. The molecule has 158 valence electrons. The first-order valence-electron chi connectivity index (χ1n) is 10.1. The number of aryl methyl sites for hydroxylation is 1. The lowest BCUT2D eigenvalue weighted by Crippen LogP contribution is -2.52. The Kier molecular flexibility index (Phi) is 10.2. The number of nitrogens with one attached hydrogen (secondary N) is 1. The Morgan fingerprint density at radius 1 is 1.00 bits per heavy atom. The molecular weight excluding hydrogens is 477 g/mol. The summed E-state index contributed by atoms with van der Waals surface area (Å²) in [6.45, 7) is 6.73. The molecule has 3 rings (SSSR count). The molecule has 0 radical (unpaired) electrons. The summed E-state index contributed by atoms with van der Waals surface area (Å²) in [7, 11) is 1.85. The summed E-state index contributed by atoms with van der Waals surface area (Å²) in [4.78, 5) is 21.0. The normalized spacial score (nSPS) is 15.1. The van der Waals surface area contributed by atoms with Gasteiger partial charge in [0.25, 0.3) is 0 Å². The molecular formula is C22H32IN5O. The smallest absolute Gasteiger partial charge is 0.250 e. The van der Waals surface area contributed by atoms with Crippen molar-refractivity contribution >= 4 is 29.9 Å². The van der Waals surface area contributed by atoms with Gasteiger partial charge < -0.3 is 14.8 Å². The zero-order valence-electron chi connectivity index (χ0n) is 17.2. The molecule has 2 aromatic rings. The first-order valence-corrected chi connectivity index (χ1v) is 10.1. The lowest BCUT2D eigenvalue weighted by atomic mass is 10.2. The van der Waals surface area contributed by atoms with E-state index in [4.69, 9.17) is 0 Å². The number of benzene rings is 1. The molecule has 0 spiro atoms. The van der Waals surface area contributed by atoms with Crippen molar-refractivity contribution in [1.82, 2.24) is 19.7 Å². The second-order valence-electron chi connectivity index (χ2n) is 7.16. The number of nitrogens with zero attached hydrogens (tertiary/aromatic N) is 4. The fourth-order valence-electron chi connectivity index (χ4n) is 3.54. The molecule has 29 heavy (non-hydrogen) atoms. The molecule has 0 saturated carbocycles. The lowest BCUT2D eigenvalue weighted by molar-refractivity contribution is 0.172. The molecule has 0 unspecified atom stereocenters. The summed E-state index contributed by atoms with van der Waals surface area (Å²) in [5.74, 6) is 0.983. The van der Waals surface area contributed by atoms with Crippen LogP contribution in [-0.4, -0.2) is 60.1 Å². The minimum absolute atomic E-state index is 0. The van der Waals surface area contributed by atoms with Crippen molar-refractivity contribution in [3.8, 4) is 0 Å². The maximum atomic E-state index is 11.7. The number of hydrogen-bond acceptors (Lipinski definition) is 3. The van der Waals surface area contributed by atoms with Gasteiger partial charge in [0.05, 0.1) is 0 Å². The highest BCUT2D eigenvalue weighted by Gasteiger charge is 2.19. The van der Waals surface area contributed by atoms with Crippen LogP contribution < -0.4 is 10.9 Å². The van der Waals surface area contributed by atoms with Crippen LogP contribution in [0.25, 0.3) is 0 Å². The van der Waals surface area contributed by atoms with Crippen LogP contribution >= 0.6 is 24.0 Å². The zero-order valence-corrected chi connectivity index (χ0v) is 19.5. The van der Waals surface area contributed by atoms with Crippen molar-refractivity contribution in [2.75, 3.05) is 39.8 Å². The molecule has 0 aliphatic carbocycles. The summed E-state index contributed by atoms with van der Waals surface area (Å²) < 4.78 is 1.76. The Bertz CT molecular complexity index is 800. The van der Waals surface area contributed by atoms with Crippen LogP contribution in [0, 0.1) is 0 Å². The molecule has 1 aromatic carbocycles. The van der Waals surface area contributed by atoms with E-state index in [1.807, 2.05) is 19.3 Å². The molecule has 1 aromatic heterocycles. The van der Waals surface area contributed by atoms with Gasteiger partial charge in [0, 0.05) is 65.1 Å². The van der Waals surface area contributed by atoms with E-state index >= 15 is 0 Å². The maximum absolute atomic E-state index is 11.7. The largest absolute Gasteiger partial charge is 0.356 e. The first kappa shape index (κ1) is 23.4. The van der Waals surface area contributed by atoms with Gasteiger partial charge in [0.2, 0.25) is 5.56 Å². The Balaban J connectivity index is 0.00000300. The molecule has 0 atom stereocenters. The van der Waals surface area contributed by atoms with Gasteiger partial charge >= 0.3 is 0 Å². The predicted octanol–water partition coefficient (Wildman–Crippen LogP) is 2.64. The molecule has 1 N–H and O–H groups in total. The highest BCUT2D eigenvalue weighted by Crippen LogP contribution is 2.08. The maximum Gasteiger partial charge on any atom is 0.250 e. The average molecular weight is 509 g/mol. The minimum Gasteiger partial charge on any atom is -0.356 e. The van der Waals surface area contributed by atoms with E-state index in [1.54, 1.807) is 16.7 Å². The number of pyridine rings is 1. The van der Waals surface area contributed by atoms with Crippen LogP contribution in [-0.2, 0) is 13.1 Å². The van der Waals surface area contributed by atoms with E-state index in [9.17, 15) is 4.79 Å². The zero-order chi connectivity index (χ0) is 19.6. The number of unbranched alkanes of at least 4 members (excludes halogenated alkanes) is 1. The fourth-order valence-corrected chi connectivity index (χ4v) is 3.54. The van der Waals surface area contributed by atoms with Crippen LogP contribution in [0.4, 0.5) is 0 Å². The Morgan fingerprint density at radius 2 is 1.72 bits per heavy atom. The molecule has 2 heterocycles. The third-order valence-electron chi connectivity index (χ3n) is 5.14. The van der Waals surface area contributed by atoms with Crippen molar-refractivity contribution in [2.45, 2.75) is 25.9 Å². The number of hydrogen-bond donors (Lipinski definition) is 1. The van der Waals surface area contributed by atoms with Gasteiger partial charge in [-0.3, -0.25) is 14.7 Å². The summed E-state index contributed by atoms with van der Waals surface area (Å²) in [6.07, 6.45) is 3.83. The molecule has 7 heteroatoms. The van der Waals surface area contributed by atoms with Crippen molar-refractivity contribution in [2.24, 2.45) is 4.99 Å². The van der Waals surface area contributed by atoms with Gasteiger partial charge in [-0.25, -0.2) is 0 Å². The van der Waals surface area contributed by atoms with E-state index in [1.165, 1.54) is 5.56 Å². The molecule has 1 fully saturated rings. The lowest BCUT2D eigenvalue weighted by Gasteiger charge is -2.36. The van der Waals surface area contributed by atoms with Crippen LogP contribution in [0.2, 0.25) is 0 Å². The molecule has 0 amide bonds. The van der Waals surface area contributed by atoms with E-state index in [0.29, 0.717) is 0 Å². The van der Waals surface area contributed by atoms with E-state index < -0.39 is 0 Å². The molecule has 1 saturated heterocycles. The van der Waals surface area contributed by atoms with Crippen molar-refractivity contribution in [1.29, 1.82) is 0 Å². The van der Waals surface area contributed by atoms with Gasteiger partial charge in [-0.2, -0.15) is 0 Å². The number of aromatic nitrogens is 1. The van der Waals surface area contributed by atoms with Crippen molar-refractivity contribution in [3.05, 3.63) is 70.6 Å². The van der Waals surface area contributed by atoms with Gasteiger partial charge in [0.15, 0.2) is 5.96 Å². The highest BCUT2D eigenvalue weighted by molar-refractivity contribution is 14.0. The summed E-state index contributed by atoms with van der Waals surface area (Å²) in [6, 6.07) is 15.9. The third kappa shape index (κ3) is 7.47. The van der Waals surface area contributed by atoms with E-state index in [-0.39, 0.29) is 29.5 Å². The van der Waals surface area contributed by atoms with Crippen LogP contribution in [0.15, 0.2) is 64.5 Å². The number of halogens is 1. The topological polar surface area (TPSA) is 52.9 Å². The number of rotatable bonds is 7. The van der Waals surface area contributed by atoms with Crippen molar-refractivity contribution in [3.63, 3.8) is 0 Å². The predicted molar refractivity (Wildman–Crippen MR) is 130 cm³/mol. The number of aliphatic imine (C=N–C) groups is 1. The second kappa shape index (κ2) is 12.6. The molecule has 0 bridgehead atoms. The fraction of sp³-hybridized carbons (Fsp3) is 0.455. The Morgan fingerprint density at radius 3 is 2.41 bits per heavy atom. The number of guanidine groups is 1. The van der Waals surface area contributed by atoms with Gasteiger partial charge in [-0.05, 0) is 24.5 Å². The van der Waals surface area contributed by atoms with Crippen LogP contribution in [0.3, 0.4) is 0 Å². The highest BCUT2D eigenvalue weighted by atomic mass is 127. The molecule has 6 nitrogen and oxygen atoms in total. The standard InChI is InChI=1S/C22H31N5O.HI/c1-23-22(24-12-6-8-14-26-13-7-5-11-21(26)28)27-17-15-25(16-18-27)19-20-9-3-2-4-10-20;/h2-5,7,9-11,13H,6,8,12,14-19H2,1H3,(H,23,24);1H. The van der Waals surface area contributed by atoms with E-state index in [2.05, 4.69) is 50.4 Å².